The summed E-state index contributed by atoms with van der Waals surface area (Å²) in [4.78, 5) is 12.3. The van der Waals surface area contributed by atoms with Crippen molar-refractivity contribution in [1.29, 1.82) is 0 Å². The number of aryl methyl sites for hydroxylation is 2. The summed E-state index contributed by atoms with van der Waals surface area (Å²) in [5, 5.41) is 0. The van der Waals surface area contributed by atoms with Crippen LogP contribution in [0, 0.1) is 12.7 Å². The van der Waals surface area contributed by atoms with Crippen molar-refractivity contribution in [3.63, 3.8) is 0 Å². The quantitative estimate of drug-likeness (QED) is 0.0287. The van der Waals surface area contributed by atoms with Crippen LogP contribution in [0.15, 0.2) is 103 Å². The van der Waals surface area contributed by atoms with E-state index in [1.54, 1.807) is 40.6 Å². The Labute approximate surface area is 525 Å². The molecule has 88 heavy (non-hydrogen) atoms. The predicted octanol–water partition coefficient (Wildman–Crippen LogP) is 16.3. The molecule has 1 aliphatic rings. The summed E-state index contributed by atoms with van der Waals surface area (Å²) in [7, 11) is 9.91. The smallest absolute Gasteiger partial charge is 0.338 e. The Morgan fingerprint density at radius 1 is 0.523 bits per heavy atom. The van der Waals surface area contributed by atoms with E-state index < -0.39 is 5.97 Å². The van der Waals surface area contributed by atoms with E-state index in [1.165, 1.54) is 78.1 Å². The Kier molecular flexibility index (Phi) is 30.8. The molecule has 1 atom stereocenters. The summed E-state index contributed by atoms with van der Waals surface area (Å²) in [5.41, 5.74) is 13.9. The Morgan fingerprint density at radius 2 is 1.00 bits per heavy atom. The number of esters is 1. The molecule has 1 unspecified atom stereocenters. The fourth-order valence-corrected chi connectivity index (χ4v) is 10.5. The average Bonchev–Trinajstić information content (AvgIpc) is 1.85. The van der Waals surface area contributed by atoms with Gasteiger partial charge in [0.05, 0.1) is 45.2 Å². The zero-order chi connectivity index (χ0) is 64.1. The van der Waals surface area contributed by atoms with E-state index in [0.717, 1.165) is 71.8 Å². The molecule has 14 heteroatoms. The van der Waals surface area contributed by atoms with Crippen molar-refractivity contribution in [1.82, 2.24) is 0 Å². The van der Waals surface area contributed by atoms with Crippen LogP contribution in [-0.4, -0.2) is 88.3 Å². The first-order chi connectivity index (χ1) is 42.4. The van der Waals surface area contributed by atoms with E-state index in [4.69, 9.17) is 56.8 Å². The van der Waals surface area contributed by atoms with E-state index >= 15 is 0 Å². The van der Waals surface area contributed by atoms with Crippen molar-refractivity contribution < 1.29 is 66.0 Å². The summed E-state index contributed by atoms with van der Waals surface area (Å²) in [5.74, 6) is 3.82. The summed E-state index contributed by atoms with van der Waals surface area (Å²) in [6.45, 7) is 24.3. The number of rotatable bonds is 33. The molecule has 13 nitrogen and oxygen atoms in total. The van der Waals surface area contributed by atoms with Crippen LogP contribution in [0.25, 0.3) is 0 Å². The van der Waals surface area contributed by atoms with Crippen molar-refractivity contribution in [2.45, 2.75) is 164 Å². The van der Waals surface area contributed by atoms with Crippen molar-refractivity contribution in [2.24, 2.45) is 0 Å². The van der Waals surface area contributed by atoms with Gasteiger partial charge in [0.1, 0.15) is 74.2 Å². The first kappa shape index (κ1) is 72.2. The largest absolute Gasteiger partial charge is 0.490 e. The number of ether oxygens (including phenoxy) is 12. The second-order valence-electron chi connectivity index (χ2n) is 23.6. The van der Waals surface area contributed by atoms with E-state index in [1.807, 2.05) is 36.4 Å². The van der Waals surface area contributed by atoms with Gasteiger partial charge < -0.3 is 56.8 Å². The van der Waals surface area contributed by atoms with Gasteiger partial charge in [0, 0.05) is 76.0 Å². The number of benzene rings is 6. The zero-order valence-electron chi connectivity index (χ0n) is 55.5. The summed E-state index contributed by atoms with van der Waals surface area (Å²) in [6.07, 6.45) is 7.89. The van der Waals surface area contributed by atoms with Crippen LogP contribution in [0.4, 0.5) is 4.39 Å². The maximum atomic E-state index is 13.8. The van der Waals surface area contributed by atoms with Crippen LogP contribution in [0.2, 0.25) is 0 Å². The third kappa shape index (κ3) is 21.6. The third-order valence-electron chi connectivity index (χ3n) is 16.3. The minimum Gasteiger partial charge on any atom is -0.490 e. The van der Waals surface area contributed by atoms with Gasteiger partial charge in [-0.3, -0.25) is 0 Å². The molecule has 0 saturated carbocycles. The second kappa shape index (κ2) is 37.5. The maximum Gasteiger partial charge on any atom is 0.338 e. The molecule has 0 aromatic heterocycles. The van der Waals surface area contributed by atoms with Gasteiger partial charge in [-0.1, -0.05) is 116 Å². The number of para-hydroxylation sites is 1. The standard InChI is InChI=1S/C26H36O4.C24H31FO5.C24H34O4/c1-5-19(2)20-10-12-23(13-11-20)29-14-15-30-26-22(17-27-3)16-21-8-6-7-9-24(21)25(26)18-28-4;1-6-24(2,3)20-9-7-17(8-10-20)23(26)30-12-11-29-22-18(15-27-4)13-21(25)14-19(22)16-28-5;1-7-24(3,4)21-10-8-9-11-22(21)27-12-13-28-23-19(16-25-5)14-18(2)15-20(23)17-26-6/h10-13,16,19H,5-9,14-15,17-18H2,1-4H3;7-10,13-14H,6,11-12,15-16H2,1-5H3;8-11,14-15H,7,12-13,16-17H2,1-6H3. The Bertz CT molecular complexity index is 2970. The Morgan fingerprint density at radius 3 is 1.53 bits per heavy atom. The number of carbonyl (C=O) groups is 1. The third-order valence-corrected chi connectivity index (χ3v) is 16.3. The number of halogens is 1. The van der Waals surface area contributed by atoms with E-state index in [9.17, 15) is 9.18 Å². The van der Waals surface area contributed by atoms with E-state index in [0.29, 0.717) is 81.2 Å². The zero-order valence-corrected chi connectivity index (χ0v) is 55.5. The van der Waals surface area contributed by atoms with Gasteiger partial charge in [0.15, 0.2) is 0 Å². The fourth-order valence-electron chi connectivity index (χ4n) is 10.5. The second-order valence-corrected chi connectivity index (χ2v) is 23.6. The topological polar surface area (TPSA) is 128 Å². The van der Waals surface area contributed by atoms with Gasteiger partial charge >= 0.3 is 5.97 Å². The molecule has 6 aromatic rings. The number of fused-ring (bicyclic) bond motifs is 1. The fraction of sp³-hybridized carbons (Fsp3) is 0.500. The van der Waals surface area contributed by atoms with Gasteiger partial charge in [-0.2, -0.15) is 0 Å². The summed E-state index contributed by atoms with van der Waals surface area (Å²) >= 11 is 0. The van der Waals surface area contributed by atoms with Crippen LogP contribution in [0.3, 0.4) is 0 Å². The number of carbonyl (C=O) groups excluding carboxylic acids is 1. The maximum absolute atomic E-state index is 13.8. The van der Waals surface area contributed by atoms with Gasteiger partial charge in [-0.15, -0.1) is 0 Å². The molecule has 1 aliphatic carbocycles. The van der Waals surface area contributed by atoms with Crippen LogP contribution >= 0.6 is 0 Å². The number of hydrogen-bond donors (Lipinski definition) is 0. The van der Waals surface area contributed by atoms with Gasteiger partial charge in [-0.05, 0) is 145 Å². The van der Waals surface area contributed by atoms with E-state index in [2.05, 4.69) is 105 Å². The lowest BCUT2D eigenvalue weighted by Crippen LogP contribution is -2.18. The van der Waals surface area contributed by atoms with Crippen LogP contribution in [-0.2, 0) is 96.5 Å². The lowest BCUT2D eigenvalue weighted by Gasteiger charge is -2.26. The SMILES string of the molecule is CCC(C)(C)c1ccc(C(=O)OCCOc2c(COC)cc(F)cc2COC)cc1.CCC(C)(C)c1ccccc1OCCOc1c(COC)cc(C)cc1COC.CCC(C)c1ccc(OCCOc2c(COC)cc3c(c2COC)CCCC3)cc1. The number of methoxy groups -OCH3 is 6. The first-order valence-electron chi connectivity index (χ1n) is 31.1. The van der Waals surface area contributed by atoms with Gasteiger partial charge in [0.25, 0.3) is 0 Å². The molecular formula is C74H101FO13. The van der Waals surface area contributed by atoms with Gasteiger partial charge in [-0.25, -0.2) is 9.18 Å². The normalized spacial score (nSPS) is 12.4. The van der Waals surface area contributed by atoms with Crippen LogP contribution < -0.4 is 23.7 Å². The predicted molar refractivity (Wildman–Crippen MR) is 347 cm³/mol. The highest BCUT2D eigenvalue weighted by atomic mass is 19.1. The molecule has 6 aromatic carbocycles. The lowest BCUT2D eigenvalue weighted by atomic mass is 9.82. The molecule has 0 fully saturated rings. The van der Waals surface area contributed by atoms with E-state index in [-0.39, 0.29) is 43.1 Å². The highest BCUT2D eigenvalue weighted by molar-refractivity contribution is 5.89. The van der Waals surface area contributed by atoms with Crippen molar-refractivity contribution >= 4 is 5.97 Å². The molecule has 0 heterocycles. The summed E-state index contributed by atoms with van der Waals surface area (Å²) in [6, 6.07) is 33.3. The highest BCUT2D eigenvalue weighted by Crippen LogP contribution is 2.37. The molecule has 7 rings (SSSR count). The Balaban J connectivity index is 0.000000241. The molecule has 0 saturated heterocycles. The van der Waals surface area contributed by atoms with Crippen molar-refractivity contribution in [3.8, 4) is 28.7 Å². The molecular weight excluding hydrogens is 1120 g/mol. The average molecular weight is 1220 g/mol. The van der Waals surface area contributed by atoms with Crippen molar-refractivity contribution in [2.75, 3.05) is 82.3 Å². The molecule has 0 aliphatic heterocycles. The first-order valence-corrected chi connectivity index (χ1v) is 31.1. The molecule has 0 radical (unpaired) electrons. The molecule has 0 amide bonds. The molecule has 0 spiro atoms. The lowest BCUT2D eigenvalue weighted by molar-refractivity contribution is 0.0446. The van der Waals surface area contributed by atoms with Crippen LogP contribution in [0.5, 0.6) is 28.7 Å². The van der Waals surface area contributed by atoms with Gasteiger partial charge in [0.2, 0.25) is 0 Å². The molecule has 0 N–H and O–H groups in total. The Hall–Kier alpha value is -6.52. The minimum atomic E-state index is -0.409. The molecule has 482 valence electrons. The highest BCUT2D eigenvalue weighted by Gasteiger charge is 2.24. The van der Waals surface area contributed by atoms with Crippen molar-refractivity contribution in [3.05, 3.63) is 181 Å². The minimum absolute atomic E-state index is 0.0608. The monoisotopic (exact) mass is 1220 g/mol. The summed E-state index contributed by atoms with van der Waals surface area (Å²) < 4.78 is 81.2. The molecule has 0 bridgehead atoms. The van der Waals surface area contributed by atoms with Crippen LogP contribution in [0.1, 0.15) is 171 Å². The number of hydrogen-bond acceptors (Lipinski definition) is 13.